The van der Waals surface area contributed by atoms with Crippen LogP contribution in [0.2, 0.25) is 5.02 Å². The number of ether oxygens (including phenoxy) is 1. The van der Waals surface area contributed by atoms with Gasteiger partial charge in [0.2, 0.25) is 5.82 Å². The molecule has 0 aliphatic rings. The third-order valence-electron chi connectivity index (χ3n) is 2.89. The van der Waals surface area contributed by atoms with Crippen LogP contribution in [0.1, 0.15) is 11.6 Å². The van der Waals surface area contributed by atoms with E-state index in [9.17, 15) is 4.79 Å². The van der Waals surface area contributed by atoms with E-state index in [4.69, 9.17) is 25.3 Å². The molecular weight excluding hydrogens is 447 g/mol. The van der Waals surface area contributed by atoms with Gasteiger partial charge in [0.25, 0.3) is 5.89 Å². The van der Waals surface area contributed by atoms with Crippen molar-refractivity contribution in [3.8, 4) is 11.5 Å². The largest absolute Gasteiger partial charge is 0.454 e. The van der Waals surface area contributed by atoms with Gasteiger partial charge < -0.3 is 13.7 Å². The normalized spacial score (nSPS) is 11.1. The Bertz CT molecular complexity index is 888. The van der Waals surface area contributed by atoms with E-state index in [-0.39, 0.29) is 18.3 Å². The summed E-state index contributed by atoms with van der Waals surface area (Å²) in [7, 11) is 0. The van der Waals surface area contributed by atoms with Crippen LogP contribution in [-0.4, -0.2) is 16.1 Å². The van der Waals surface area contributed by atoms with E-state index in [1.165, 1.54) is 12.2 Å². The molecule has 8 heteroatoms. The molecule has 0 saturated carbocycles. The van der Waals surface area contributed by atoms with Crippen molar-refractivity contribution in [3.63, 3.8) is 0 Å². The highest BCUT2D eigenvalue weighted by Crippen LogP contribution is 2.25. The fraction of sp³-hybridized carbons (Fsp3) is 0.0625. The minimum atomic E-state index is -0.537. The number of furan rings is 1. The zero-order chi connectivity index (χ0) is 16.9. The summed E-state index contributed by atoms with van der Waals surface area (Å²) in [6.45, 7) is -0.104. The van der Waals surface area contributed by atoms with Gasteiger partial charge in [-0.25, -0.2) is 4.79 Å². The molecule has 0 aliphatic carbocycles. The molecule has 0 spiro atoms. The van der Waals surface area contributed by atoms with Crippen LogP contribution in [0, 0.1) is 3.77 Å². The Labute approximate surface area is 155 Å². The fourth-order valence-corrected chi connectivity index (χ4v) is 2.46. The van der Waals surface area contributed by atoms with Crippen molar-refractivity contribution in [2.45, 2.75) is 6.61 Å². The first kappa shape index (κ1) is 16.7. The molecule has 1 aromatic carbocycles. The number of nitrogens with zero attached hydrogens (tertiary/aromatic N) is 2. The fourth-order valence-electron chi connectivity index (χ4n) is 1.81. The van der Waals surface area contributed by atoms with E-state index in [1.54, 1.807) is 30.3 Å². The van der Waals surface area contributed by atoms with Gasteiger partial charge in [0.15, 0.2) is 10.4 Å². The second kappa shape index (κ2) is 7.63. The van der Waals surface area contributed by atoms with Gasteiger partial charge in [-0.3, -0.25) is 0 Å². The van der Waals surface area contributed by atoms with Gasteiger partial charge in [-0.1, -0.05) is 28.9 Å². The molecule has 3 rings (SSSR count). The van der Waals surface area contributed by atoms with Gasteiger partial charge in [-0.2, -0.15) is 4.98 Å². The molecule has 2 heterocycles. The Morgan fingerprint density at radius 2 is 2.12 bits per heavy atom. The maximum absolute atomic E-state index is 11.7. The minimum absolute atomic E-state index is 0.104. The highest BCUT2D eigenvalue weighted by atomic mass is 127. The number of carbonyl (C=O) groups is 1. The van der Waals surface area contributed by atoms with E-state index in [0.29, 0.717) is 16.3 Å². The van der Waals surface area contributed by atoms with Crippen LogP contribution in [-0.2, 0) is 16.1 Å². The molecule has 0 unspecified atom stereocenters. The molecule has 0 amide bonds. The van der Waals surface area contributed by atoms with Crippen molar-refractivity contribution in [1.29, 1.82) is 0 Å². The first-order valence-electron chi connectivity index (χ1n) is 6.79. The summed E-state index contributed by atoms with van der Waals surface area (Å²) >= 11 is 8.10. The smallest absolute Gasteiger partial charge is 0.331 e. The molecule has 0 fully saturated rings. The van der Waals surface area contributed by atoms with E-state index in [2.05, 4.69) is 10.1 Å². The Morgan fingerprint density at radius 3 is 2.88 bits per heavy atom. The molecule has 122 valence electrons. The summed E-state index contributed by atoms with van der Waals surface area (Å²) < 4.78 is 16.2. The highest BCUT2D eigenvalue weighted by molar-refractivity contribution is 14.1. The molecule has 6 nitrogen and oxygen atoms in total. The minimum Gasteiger partial charge on any atom is -0.454 e. The first-order chi connectivity index (χ1) is 11.6. The molecule has 2 aromatic heterocycles. The standard InChI is InChI=1S/C16H10ClIN2O4/c17-12-4-2-1-3-11(12)16-19-14(20-24-16)9-22-15(21)8-6-10-5-7-13(18)23-10/h1-8H,9H2/b8-6+. The zero-order valence-electron chi connectivity index (χ0n) is 12.1. The summed E-state index contributed by atoms with van der Waals surface area (Å²) in [6.07, 6.45) is 2.79. The number of rotatable bonds is 5. The molecule has 0 atom stereocenters. The van der Waals surface area contributed by atoms with Crippen LogP contribution < -0.4 is 0 Å². The third-order valence-corrected chi connectivity index (χ3v) is 3.80. The SMILES string of the molecule is O=C(/C=C/c1ccc(I)o1)OCc1noc(-c2ccccc2Cl)n1. The number of benzene rings is 1. The second-order valence-corrected chi connectivity index (χ2v) is 6.05. The van der Waals surface area contributed by atoms with Crippen molar-refractivity contribution in [1.82, 2.24) is 10.1 Å². The highest BCUT2D eigenvalue weighted by Gasteiger charge is 2.12. The molecule has 0 aliphatic heterocycles. The second-order valence-electron chi connectivity index (χ2n) is 4.58. The van der Waals surface area contributed by atoms with Gasteiger partial charge in [-0.15, -0.1) is 0 Å². The summed E-state index contributed by atoms with van der Waals surface area (Å²) in [5.41, 5.74) is 0.622. The molecular formula is C16H10ClIN2O4. The quantitative estimate of drug-likeness (QED) is 0.323. The Hall–Kier alpha value is -2.13. The van der Waals surface area contributed by atoms with Crippen molar-refractivity contribution >= 4 is 46.2 Å². The number of aromatic nitrogens is 2. The van der Waals surface area contributed by atoms with Gasteiger partial charge >= 0.3 is 5.97 Å². The molecule has 3 aromatic rings. The van der Waals surface area contributed by atoms with Crippen LogP contribution in [0.5, 0.6) is 0 Å². The van der Waals surface area contributed by atoms with Crippen LogP contribution in [0.4, 0.5) is 0 Å². The molecule has 0 N–H and O–H groups in total. The van der Waals surface area contributed by atoms with Gasteiger partial charge in [0.1, 0.15) is 5.76 Å². The summed E-state index contributed by atoms with van der Waals surface area (Å²) in [4.78, 5) is 15.8. The van der Waals surface area contributed by atoms with Crippen LogP contribution in [0.25, 0.3) is 17.5 Å². The topological polar surface area (TPSA) is 78.4 Å². The summed E-state index contributed by atoms with van der Waals surface area (Å²) in [5, 5.41) is 4.26. The number of carbonyl (C=O) groups excluding carboxylic acids is 1. The summed E-state index contributed by atoms with van der Waals surface area (Å²) in [5.74, 6) is 0.550. The Kier molecular flexibility index (Phi) is 5.31. The van der Waals surface area contributed by atoms with Gasteiger partial charge in [0.05, 0.1) is 10.6 Å². The van der Waals surface area contributed by atoms with Crippen LogP contribution >= 0.6 is 34.2 Å². The lowest BCUT2D eigenvalue weighted by atomic mass is 10.2. The Morgan fingerprint density at radius 1 is 1.29 bits per heavy atom. The average molecular weight is 457 g/mol. The number of halogens is 2. The number of hydrogen-bond acceptors (Lipinski definition) is 6. The number of hydrogen-bond donors (Lipinski definition) is 0. The van der Waals surface area contributed by atoms with Gasteiger partial charge in [-0.05, 0) is 52.9 Å². The number of esters is 1. The van der Waals surface area contributed by atoms with Crippen LogP contribution in [0.15, 0.2) is 51.4 Å². The van der Waals surface area contributed by atoms with E-state index < -0.39 is 5.97 Å². The van der Waals surface area contributed by atoms with Gasteiger partial charge in [0, 0.05) is 6.08 Å². The third kappa shape index (κ3) is 4.24. The maximum Gasteiger partial charge on any atom is 0.331 e. The van der Waals surface area contributed by atoms with Crippen molar-refractivity contribution in [2.75, 3.05) is 0 Å². The monoisotopic (exact) mass is 456 g/mol. The zero-order valence-corrected chi connectivity index (χ0v) is 15.0. The maximum atomic E-state index is 11.7. The van der Waals surface area contributed by atoms with Crippen molar-refractivity contribution < 1.29 is 18.5 Å². The lowest BCUT2D eigenvalue weighted by molar-refractivity contribution is -0.139. The lowest BCUT2D eigenvalue weighted by Crippen LogP contribution is -2.01. The molecule has 24 heavy (non-hydrogen) atoms. The Balaban J connectivity index is 1.58. The average Bonchev–Trinajstić information content (AvgIpc) is 3.20. The van der Waals surface area contributed by atoms with E-state index in [0.717, 1.165) is 3.77 Å². The molecule has 0 radical (unpaired) electrons. The summed E-state index contributed by atoms with van der Waals surface area (Å²) in [6, 6.07) is 10.6. The predicted molar refractivity (Wildman–Crippen MR) is 95.0 cm³/mol. The van der Waals surface area contributed by atoms with Crippen molar-refractivity contribution in [3.05, 3.63) is 62.8 Å². The van der Waals surface area contributed by atoms with E-state index in [1.807, 2.05) is 28.7 Å². The predicted octanol–water partition coefficient (Wildman–Crippen LogP) is 4.34. The molecule has 0 saturated heterocycles. The first-order valence-corrected chi connectivity index (χ1v) is 8.25. The van der Waals surface area contributed by atoms with Crippen molar-refractivity contribution in [2.24, 2.45) is 0 Å². The lowest BCUT2D eigenvalue weighted by Gasteiger charge is -1.97. The van der Waals surface area contributed by atoms with E-state index >= 15 is 0 Å². The molecule has 0 bridgehead atoms. The van der Waals surface area contributed by atoms with Crippen LogP contribution in [0.3, 0.4) is 0 Å².